The van der Waals surface area contributed by atoms with Gasteiger partial charge in [0.2, 0.25) is 0 Å². The van der Waals surface area contributed by atoms with E-state index in [-0.39, 0.29) is 11.8 Å². The van der Waals surface area contributed by atoms with Crippen molar-refractivity contribution in [2.75, 3.05) is 7.11 Å². The van der Waals surface area contributed by atoms with E-state index < -0.39 is 5.97 Å². The van der Waals surface area contributed by atoms with E-state index in [1.165, 1.54) is 7.11 Å². The minimum atomic E-state index is -0.672. The van der Waals surface area contributed by atoms with Crippen molar-refractivity contribution in [1.29, 1.82) is 0 Å². The number of rotatable bonds is 2. The molecule has 2 fully saturated rings. The summed E-state index contributed by atoms with van der Waals surface area (Å²) in [5, 5.41) is 12.9. The zero-order valence-electron chi connectivity index (χ0n) is 7.56. The lowest BCUT2D eigenvalue weighted by atomic mass is 9.98. The number of carboxylic acids is 1. The van der Waals surface area contributed by atoms with Crippen LogP contribution in [0.1, 0.15) is 19.3 Å². The largest absolute Gasteiger partial charge is 0.481 e. The highest BCUT2D eigenvalue weighted by molar-refractivity contribution is 5.94. The molecule has 0 aromatic rings. The number of carboxylic acid groups (broad SMARTS) is 1. The van der Waals surface area contributed by atoms with Gasteiger partial charge in [0.25, 0.3) is 0 Å². The van der Waals surface area contributed by atoms with E-state index in [0.29, 0.717) is 5.92 Å². The normalized spacial score (nSPS) is 39.8. The van der Waals surface area contributed by atoms with Crippen LogP contribution >= 0.6 is 0 Å². The Kier molecular flexibility index (Phi) is 1.98. The summed E-state index contributed by atoms with van der Waals surface area (Å²) >= 11 is 0. The second-order valence-corrected chi connectivity index (χ2v) is 3.78. The van der Waals surface area contributed by atoms with Crippen LogP contribution in [-0.4, -0.2) is 23.9 Å². The molecule has 2 aliphatic rings. The summed E-state index contributed by atoms with van der Waals surface area (Å²) in [5.41, 5.74) is 0.950. The third-order valence-electron chi connectivity index (χ3n) is 3.18. The molecule has 0 amide bonds. The van der Waals surface area contributed by atoms with Crippen molar-refractivity contribution in [3.8, 4) is 0 Å². The fraction of sp³-hybridized carbons (Fsp3) is 0.778. The average molecular weight is 183 g/mol. The third-order valence-corrected chi connectivity index (χ3v) is 3.18. The maximum absolute atomic E-state index is 10.9. The number of oxime groups is 1. The highest BCUT2D eigenvalue weighted by atomic mass is 16.6. The van der Waals surface area contributed by atoms with Gasteiger partial charge in [0.05, 0.1) is 11.6 Å². The van der Waals surface area contributed by atoms with Gasteiger partial charge in [-0.15, -0.1) is 0 Å². The molecule has 4 heteroatoms. The Labute approximate surface area is 76.6 Å². The molecule has 72 valence electrons. The maximum Gasteiger partial charge on any atom is 0.307 e. The van der Waals surface area contributed by atoms with Crippen molar-refractivity contribution in [3.63, 3.8) is 0 Å². The van der Waals surface area contributed by atoms with Gasteiger partial charge < -0.3 is 9.94 Å². The van der Waals surface area contributed by atoms with Crippen LogP contribution in [0.5, 0.6) is 0 Å². The summed E-state index contributed by atoms with van der Waals surface area (Å²) in [6.45, 7) is 0. The van der Waals surface area contributed by atoms with Crippen molar-refractivity contribution >= 4 is 11.7 Å². The molecule has 0 aromatic carbocycles. The van der Waals surface area contributed by atoms with Gasteiger partial charge in [-0.05, 0) is 25.2 Å². The second-order valence-electron chi connectivity index (χ2n) is 3.78. The molecule has 2 bridgehead atoms. The summed E-state index contributed by atoms with van der Waals surface area (Å²) in [7, 11) is 1.51. The summed E-state index contributed by atoms with van der Waals surface area (Å²) < 4.78 is 0. The Morgan fingerprint density at radius 3 is 2.92 bits per heavy atom. The van der Waals surface area contributed by atoms with Crippen molar-refractivity contribution in [1.82, 2.24) is 0 Å². The highest BCUT2D eigenvalue weighted by Gasteiger charge is 2.50. The average Bonchev–Trinajstić information content (AvgIpc) is 2.60. The summed E-state index contributed by atoms with van der Waals surface area (Å²) in [6.07, 6.45) is 2.81. The molecule has 0 heterocycles. The Balaban J connectivity index is 2.19. The van der Waals surface area contributed by atoms with Crippen molar-refractivity contribution in [3.05, 3.63) is 0 Å². The lowest BCUT2D eigenvalue weighted by Crippen LogP contribution is -2.20. The minimum Gasteiger partial charge on any atom is -0.481 e. The summed E-state index contributed by atoms with van der Waals surface area (Å²) in [5.74, 6) is -0.429. The number of fused-ring (bicyclic) bond motifs is 2. The van der Waals surface area contributed by atoms with Gasteiger partial charge in [0.1, 0.15) is 7.11 Å². The Morgan fingerprint density at radius 1 is 1.62 bits per heavy atom. The zero-order valence-corrected chi connectivity index (χ0v) is 7.56. The van der Waals surface area contributed by atoms with E-state index in [2.05, 4.69) is 5.16 Å². The van der Waals surface area contributed by atoms with E-state index in [0.717, 1.165) is 25.0 Å². The monoisotopic (exact) mass is 183 g/mol. The van der Waals surface area contributed by atoms with Crippen molar-refractivity contribution in [2.45, 2.75) is 19.3 Å². The van der Waals surface area contributed by atoms with Crippen LogP contribution in [-0.2, 0) is 9.63 Å². The predicted octanol–water partition coefficient (Wildman–Crippen LogP) is 1.12. The Hall–Kier alpha value is -1.06. The van der Waals surface area contributed by atoms with E-state index in [4.69, 9.17) is 9.94 Å². The SMILES string of the molecule is CO/N=C1/C[C@H]2CC[C@@H]1[C@@H]2C(=O)O. The first-order valence-corrected chi connectivity index (χ1v) is 4.56. The Bertz CT molecular complexity index is 262. The number of hydrogen-bond acceptors (Lipinski definition) is 3. The molecule has 3 atom stereocenters. The molecule has 13 heavy (non-hydrogen) atoms. The fourth-order valence-electron chi connectivity index (χ4n) is 2.70. The van der Waals surface area contributed by atoms with Crippen LogP contribution in [0.3, 0.4) is 0 Å². The number of aliphatic carboxylic acids is 1. The van der Waals surface area contributed by atoms with Gasteiger partial charge in [-0.25, -0.2) is 0 Å². The van der Waals surface area contributed by atoms with Gasteiger partial charge in [-0.1, -0.05) is 5.16 Å². The van der Waals surface area contributed by atoms with E-state index in [1.54, 1.807) is 0 Å². The number of nitrogens with zero attached hydrogens (tertiary/aromatic N) is 1. The highest BCUT2D eigenvalue weighted by Crippen LogP contribution is 2.47. The molecule has 0 aromatic heterocycles. The van der Waals surface area contributed by atoms with E-state index >= 15 is 0 Å². The lowest BCUT2D eigenvalue weighted by Gasteiger charge is -2.09. The molecule has 0 unspecified atom stereocenters. The molecule has 4 nitrogen and oxygen atoms in total. The van der Waals surface area contributed by atoms with Gasteiger partial charge in [-0.3, -0.25) is 4.79 Å². The molecule has 2 aliphatic carbocycles. The van der Waals surface area contributed by atoms with Crippen molar-refractivity contribution in [2.24, 2.45) is 22.9 Å². The smallest absolute Gasteiger partial charge is 0.307 e. The molecular formula is C9H13NO3. The topological polar surface area (TPSA) is 58.9 Å². The number of carbonyl (C=O) groups is 1. The lowest BCUT2D eigenvalue weighted by molar-refractivity contribution is -0.143. The molecule has 0 radical (unpaired) electrons. The molecule has 1 N–H and O–H groups in total. The Morgan fingerprint density at radius 2 is 2.38 bits per heavy atom. The van der Waals surface area contributed by atoms with Crippen LogP contribution < -0.4 is 0 Å². The number of hydrogen-bond donors (Lipinski definition) is 1. The van der Waals surface area contributed by atoms with Crippen LogP contribution in [0, 0.1) is 17.8 Å². The first kappa shape index (κ1) is 8.53. The molecule has 0 saturated heterocycles. The predicted molar refractivity (Wildman–Crippen MR) is 46.4 cm³/mol. The van der Waals surface area contributed by atoms with Crippen LogP contribution in [0.25, 0.3) is 0 Å². The van der Waals surface area contributed by atoms with Gasteiger partial charge in [-0.2, -0.15) is 0 Å². The standard InChI is InChI=1S/C9H13NO3/c1-13-10-7-4-5-2-3-6(7)8(5)9(11)12/h5-6,8H,2-4H2,1H3,(H,11,12)/b10-7-/t5-,6+,8-/m1/s1. The zero-order chi connectivity index (χ0) is 9.42. The van der Waals surface area contributed by atoms with Gasteiger partial charge in [0, 0.05) is 5.92 Å². The maximum atomic E-state index is 10.9. The third kappa shape index (κ3) is 1.20. The first-order valence-electron chi connectivity index (χ1n) is 4.56. The fourth-order valence-corrected chi connectivity index (χ4v) is 2.70. The minimum absolute atomic E-state index is 0.141. The summed E-state index contributed by atoms with van der Waals surface area (Å²) in [4.78, 5) is 15.6. The molecule has 2 rings (SSSR count). The van der Waals surface area contributed by atoms with Gasteiger partial charge in [0.15, 0.2) is 0 Å². The quantitative estimate of drug-likeness (QED) is 0.652. The van der Waals surface area contributed by atoms with E-state index in [1.807, 2.05) is 0 Å². The molecular weight excluding hydrogens is 170 g/mol. The second kappa shape index (κ2) is 3.01. The summed E-state index contributed by atoms with van der Waals surface area (Å²) in [6, 6.07) is 0. The van der Waals surface area contributed by atoms with Crippen LogP contribution in [0.4, 0.5) is 0 Å². The molecule has 0 aliphatic heterocycles. The molecule has 2 saturated carbocycles. The molecule has 0 spiro atoms. The van der Waals surface area contributed by atoms with Crippen LogP contribution in [0.15, 0.2) is 5.16 Å². The van der Waals surface area contributed by atoms with E-state index in [9.17, 15) is 4.79 Å². The van der Waals surface area contributed by atoms with Crippen molar-refractivity contribution < 1.29 is 14.7 Å². The first-order chi connectivity index (χ1) is 6.24. The van der Waals surface area contributed by atoms with Crippen LogP contribution in [0.2, 0.25) is 0 Å². The van der Waals surface area contributed by atoms with Gasteiger partial charge >= 0.3 is 5.97 Å².